The predicted molar refractivity (Wildman–Crippen MR) is 70.4 cm³/mol. The number of H-pyrrole nitrogens is 1. The number of benzene rings is 1. The van der Waals surface area contributed by atoms with Crippen molar-refractivity contribution in [1.82, 2.24) is 9.97 Å². The van der Waals surface area contributed by atoms with E-state index in [0.29, 0.717) is 5.56 Å². The predicted octanol–water partition coefficient (Wildman–Crippen LogP) is 2.96. The van der Waals surface area contributed by atoms with Gasteiger partial charge in [0.2, 0.25) is 0 Å². The highest BCUT2D eigenvalue weighted by Gasteiger charge is 2.10. The Morgan fingerprint density at radius 1 is 1.29 bits per heavy atom. The molecule has 0 fully saturated rings. The SMILES string of the molecule is Cc1c(-c2cccc3ccsc23)nc[nH]c1=O. The average Bonchev–Trinajstić information content (AvgIpc) is 2.81. The van der Waals surface area contributed by atoms with Crippen molar-refractivity contribution < 1.29 is 0 Å². The van der Waals surface area contributed by atoms with E-state index in [1.165, 1.54) is 16.4 Å². The quantitative estimate of drug-likeness (QED) is 0.713. The molecule has 84 valence electrons. The van der Waals surface area contributed by atoms with E-state index in [1.54, 1.807) is 18.3 Å². The third kappa shape index (κ3) is 1.57. The van der Waals surface area contributed by atoms with Gasteiger partial charge in [0.25, 0.3) is 5.56 Å². The molecule has 0 spiro atoms. The van der Waals surface area contributed by atoms with Crippen LogP contribution in [0.15, 0.2) is 40.8 Å². The lowest BCUT2D eigenvalue weighted by molar-refractivity contribution is 1.08. The molecule has 0 bridgehead atoms. The summed E-state index contributed by atoms with van der Waals surface area (Å²) in [5, 5.41) is 3.24. The highest BCUT2D eigenvalue weighted by atomic mass is 32.1. The molecule has 3 nitrogen and oxygen atoms in total. The van der Waals surface area contributed by atoms with Crippen LogP contribution in [0.4, 0.5) is 0 Å². The third-order valence-corrected chi connectivity index (χ3v) is 3.78. The number of nitrogens with one attached hydrogen (secondary N) is 1. The Balaban J connectivity index is 2.38. The average molecular weight is 242 g/mol. The zero-order valence-corrected chi connectivity index (χ0v) is 10.0. The van der Waals surface area contributed by atoms with Gasteiger partial charge in [0, 0.05) is 15.8 Å². The fourth-order valence-electron chi connectivity index (χ4n) is 1.92. The molecule has 4 heteroatoms. The Morgan fingerprint density at radius 2 is 2.18 bits per heavy atom. The molecule has 3 aromatic rings. The molecule has 0 radical (unpaired) electrons. The first-order valence-corrected chi connectivity index (χ1v) is 6.16. The summed E-state index contributed by atoms with van der Waals surface area (Å²) in [5.41, 5.74) is 2.37. The Kier molecular flexibility index (Phi) is 2.30. The normalized spacial score (nSPS) is 10.9. The van der Waals surface area contributed by atoms with Crippen LogP contribution in [0.5, 0.6) is 0 Å². The van der Waals surface area contributed by atoms with E-state index in [0.717, 1.165) is 11.3 Å². The van der Waals surface area contributed by atoms with Gasteiger partial charge >= 0.3 is 0 Å². The molecule has 0 aliphatic carbocycles. The first-order valence-electron chi connectivity index (χ1n) is 5.28. The molecule has 0 unspecified atom stereocenters. The summed E-state index contributed by atoms with van der Waals surface area (Å²) in [6.07, 6.45) is 1.46. The van der Waals surface area contributed by atoms with Crippen LogP contribution >= 0.6 is 11.3 Å². The first kappa shape index (κ1) is 10.2. The number of fused-ring (bicyclic) bond motifs is 1. The van der Waals surface area contributed by atoms with Crippen molar-refractivity contribution in [2.24, 2.45) is 0 Å². The molecule has 1 N–H and O–H groups in total. The molecule has 1 aromatic carbocycles. The van der Waals surface area contributed by atoms with Crippen molar-refractivity contribution in [2.75, 3.05) is 0 Å². The lowest BCUT2D eigenvalue weighted by atomic mass is 10.1. The molecule has 0 saturated carbocycles. The standard InChI is InChI=1S/C13H10N2OS/c1-8-11(14-7-15-13(8)16)10-4-2-3-9-5-6-17-12(9)10/h2-7H,1H3,(H,14,15,16). The van der Waals surface area contributed by atoms with Gasteiger partial charge in [-0.15, -0.1) is 11.3 Å². The Morgan fingerprint density at radius 3 is 3.06 bits per heavy atom. The highest BCUT2D eigenvalue weighted by molar-refractivity contribution is 7.17. The van der Waals surface area contributed by atoms with E-state index in [4.69, 9.17) is 0 Å². The van der Waals surface area contributed by atoms with Crippen molar-refractivity contribution in [3.63, 3.8) is 0 Å². The maximum Gasteiger partial charge on any atom is 0.254 e. The van der Waals surface area contributed by atoms with E-state index in [1.807, 2.05) is 12.1 Å². The van der Waals surface area contributed by atoms with Gasteiger partial charge in [0.1, 0.15) is 0 Å². The van der Waals surface area contributed by atoms with Gasteiger partial charge in [0.15, 0.2) is 0 Å². The van der Waals surface area contributed by atoms with Gasteiger partial charge in [-0.1, -0.05) is 18.2 Å². The van der Waals surface area contributed by atoms with Crippen LogP contribution in [0.25, 0.3) is 21.3 Å². The number of hydrogen-bond acceptors (Lipinski definition) is 3. The zero-order valence-electron chi connectivity index (χ0n) is 9.23. The molecule has 0 aliphatic rings. The zero-order chi connectivity index (χ0) is 11.8. The van der Waals surface area contributed by atoms with Crippen LogP contribution in [0.1, 0.15) is 5.56 Å². The van der Waals surface area contributed by atoms with Gasteiger partial charge in [-0.05, 0) is 23.8 Å². The van der Waals surface area contributed by atoms with Gasteiger partial charge in [-0.3, -0.25) is 4.79 Å². The van der Waals surface area contributed by atoms with E-state index >= 15 is 0 Å². The molecular formula is C13H10N2OS. The van der Waals surface area contributed by atoms with Gasteiger partial charge in [0.05, 0.1) is 12.0 Å². The van der Waals surface area contributed by atoms with E-state index in [-0.39, 0.29) is 5.56 Å². The Hall–Kier alpha value is -1.94. The summed E-state index contributed by atoms with van der Waals surface area (Å²) in [6.45, 7) is 1.80. The molecule has 3 rings (SSSR count). The smallest absolute Gasteiger partial charge is 0.254 e. The van der Waals surface area contributed by atoms with Crippen molar-refractivity contribution in [3.8, 4) is 11.3 Å². The van der Waals surface area contributed by atoms with Gasteiger partial charge in [-0.25, -0.2) is 4.98 Å². The van der Waals surface area contributed by atoms with Crippen LogP contribution in [0.3, 0.4) is 0 Å². The number of rotatable bonds is 1. The van der Waals surface area contributed by atoms with Crippen LogP contribution in [0, 0.1) is 6.92 Å². The summed E-state index contributed by atoms with van der Waals surface area (Å²) in [7, 11) is 0. The largest absolute Gasteiger partial charge is 0.313 e. The van der Waals surface area contributed by atoms with Crippen LogP contribution < -0.4 is 5.56 Å². The van der Waals surface area contributed by atoms with Gasteiger partial charge < -0.3 is 4.98 Å². The summed E-state index contributed by atoms with van der Waals surface area (Å²) < 4.78 is 1.17. The molecule has 2 heterocycles. The monoisotopic (exact) mass is 242 g/mol. The Labute approximate surface area is 102 Å². The summed E-state index contributed by atoms with van der Waals surface area (Å²) >= 11 is 1.67. The lowest BCUT2D eigenvalue weighted by Gasteiger charge is -2.04. The molecule has 0 aliphatic heterocycles. The number of thiophene rings is 1. The third-order valence-electron chi connectivity index (χ3n) is 2.82. The van der Waals surface area contributed by atoms with Crippen LogP contribution in [-0.4, -0.2) is 9.97 Å². The highest BCUT2D eigenvalue weighted by Crippen LogP contribution is 2.31. The minimum atomic E-state index is -0.0800. The van der Waals surface area contributed by atoms with Crippen molar-refractivity contribution in [3.05, 3.63) is 51.9 Å². The number of aromatic amines is 1. The fourth-order valence-corrected chi connectivity index (χ4v) is 2.83. The number of aromatic nitrogens is 2. The van der Waals surface area contributed by atoms with E-state index in [9.17, 15) is 4.79 Å². The second-order valence-corrected chi connectivity index (χ2v) is 4.77. The second kappa shape index (κ2) is 3.82. The minimum absolute atomic E-state index is 0.0800. The maximum atomic E-state index is 11.6. The topological polar surface area (TPSA) is 45.8 Å². The molecular weight excluding hydrogens is 232 g/mol. The van der Waals surface area contributed by atoms with E-state index in [2.05, 4.69) is 27.5 Å². The van der Waals surface area contributed by atoms with Crippen LogP contribution in [-0.2, 0) is 0 Å². The van der Waals surface area contributed by atoms with Crippen molar-refractivity contribution >= 4 is 21.4 Å². The maximum absolute atomic E-state index is 11.6. The molecule has 2 aromatic heterocycles. The first-order chi connectivity index (χ1) is 8.27. The number of nitrogens with zero attached hydrogens (tertiary/aromatic N) is 1. The molecule has 0 saturated heterocycles. The Bertz CT molecular complexity index is 742. The molecule has 0 atom stereocenters. The summed E-state index contributed by atoms with van der Waals surface area (Å²) in [4.78, 5) is 18.5. The lowest BCUT2D eigenvalue weighted by Crippen LogP contribution is -2.11. The second-order valence-electron chi connectivity index (χ2n) is 3.85. The molecule has 17 heavy (non-hydrogen) atoms. The summed E-state index contributed by atoms with van der Waals surface area (Å²) in [6, 6.07) is 8.14. The molecule has 0 amide bonds. The summed E-state index contributed by atoms with van der Waals surface area (Å²) in [5.74, 6) is 0. The van der Waals surface area contributed by atoms with Crippen molar-refractivity contribution in [1.29, 1.82) is 0 Å². The van der Waals surface area contributed by atoms with Crippen LogP contribution in [0.2, 0.25) is 0 Å². The fraction of sp³-hybridized carbons (Fsp3) is 0.0769. The van der Waals surface area contributed by atoms with Gasteiger partial charge in [-0.2, -0.15) is 0 Å². The van der Waals surface area contributed by atoms with Crippen molar-refractivity contribution in [2.45, 2.75) is 6.92 Å². The minimum Gasteiger partial charge on any atom is -0.313 e. The number of hydrogen-bond donors (Lipinski definition) is 1. The van der Waals surface area contributed by atoms with E-state index < -0.39 is 0 Å².